The maximum Gasteiger partial charge on any atom is 0.230 e. The predicted octanol–water partition coefficient (Wildman–Crippen LogP) is 3.43. The number of hydrogen-bond acceptors (Lipinski definition) is 3. The summed E-state index contributed by atoms with van der Waals surface area (Å²) in [5, 5.41) is 10.8. The number of rotatable bonds is 4. The van der Waals surface area contributed by atoms with E-state index in [2.05, 4.69) is 17.0 Å². The van der Waals surface area contributed by atoms with Gasteiger partial charge in [-0.15, -0.1) is 0 Å². The Kier molecular flexibility index (Phi) is 4.23. The second-order valence-electron chi connectivity index (χ2n) is 7.89. The number of aliphatic hydroxyl groups excluding tert-OH is 1. The molecule has 4 nitrogen and oxygen atoms in total. The summed E-state index contributed by atoms with van der Waals surface area (Å²) >= 11 is 6.37. The molecule has 1 aliphatic carbocycles. The summed E-state index contributed by atoms with van der Waals surface area (Å²) in [4.78, 5) is 17.2. The molecule has 27 heavy (non-hydrogen) atoms. The third-order valence-electron chi connectivity index (χ3n) is 6.33. The molecule has 2 fully saturated rings. The standard InChI is InChI=1S/C22H23ClN2O2/c23-17-7-3-1-5-15(17)11-24-19-12-25(22(27)14-9-10-14)18-8-4-2-6-16(18)21(19)20(24)13-26/h1-8,14,19-21,26H,9-13H2/t19-,20+,21+/m0/s1. The van der Waals surface area contributed by atoms with Crippen molar-refractivity contribution < 1.29 is 9.90 Å². The molecular weight excluding hydrogens is 360 g/mol. The van der Waals surface area contributed by atoms with Crippen LogP contribution in [0.5, 0.6) is 0 Å². The molecule has 1 amide bonds. The van der Waals surface area contributed by atoms with Gasteiger partial charge in [0.05, 0.1) is 6.61 Å². The minimum Gasteiger partial charge on any atom is -0.395 e. The number of benzene rings is 2. The smallest absolute Gasteiger partial charge is 0.230 e. The number of amides is 1. The number of carbonyl (C=O) groups is 1. The molecular formula is C22H23ClN2O2. The molecule has 1 saturated carbocycles. The average Bonchev–Trinajstić information content (AvgIpc) is 3.52. The van der Waals surface area contributed by atoms with Crippen molar-refractivity contribution in [3.8, 4) is 0 Å². The first-order valence-corrected chi connectivity index (χ1v) is 10.1. The van der Waals surface area contributed by atoms with Gasteiger partial charge in [0.15, 0.2) is 0 Å². The Morgan fingerprint density at radius 3 is 2.59 bits per heavy atom. The van der Waals surface area contributed by atoms with Crippen LogP contribution in [-0.2, 0) is 11.3 Å². The highest BCUT2D eigenvalue weighted by molar-refractivity contribution is 6.31. The van der Waals surface area contributed by atoms with E-state index in [1.54, 1.807) is 0 Å². The van der Waals surface area contributed by atoms with Crippen LogP contribution in [0.25, 0.3) is 0 Å². The van der Waals surface area contributed by atoms with Gasteiger partial charge in [0.25, 0.3) is 0 Å². The maximum absolute atomic E-state index is 12.9. The van der Waals surface area contributed by atoms with Crippen LogP contribution < -0.4 is 4.90 Å². The fourth-order valence-corrected chi connectivity index (χ4v) is 4.98. The topological polar surface area (TPSA) is 43.8 Å². The van der Waals surface area contributed by atoms with Crippen LogP contribution in [0.1, 0.15) is 29.9 Å². The molecule has 0 unspecified atom stereocenters. The van der Waals surface area contributed by atoms with Crippen LogP contribution in [0.4, 0.5) is 5.69 Å². The second kappa shape index (κ2) is 6.62. The summed E-state index contributed by atoms with van der Waals surface area (Å²) in [5.74, 6) is 0.711. The number of halogens is 1. The van der Waals surface area contributed by atoms with E-state index in [0.29, 0.717) is 13.1 Å². The first-order valence-electron chi connectivity index (χ1n) is 9.69. The fourth-order valence-electron chi connectivity index (χ4n) is 4.78. The van der Waals surface area contributed by atoms with Gasteiger partial charge in [0.1, 0.15) is 0 Å². The molecule has 1 N–H and O–H groups in total. The molecule has 2 aromatic rings. The number of carbonyl (C=O) groups excluding carboxylic acids is 1. The monoisotopic (exact) mass is 382 g/mol. The summed E-state index contributed by atoms with van der Waals surface area (Å²) < 4.78 is 0. The zero-order valence-electron chi connectivity index (χ0n) is 15.1. The zero-order chi connectivity index (χ0) is 18.5. The first-order chi connectivity index (χ1) is 13.2. The van der Waals surface area contributed by atoms with E-state index in [0.717, 1.165) is 29.1 Å². The quantitative estimate of drug-likeness (QED) is 0.881. The Morgan fingerprint density at radius 1 is 1.11 bits per heavy atom. The van der Waals surface area contributed by atoms with E-state index in [1.165, 1.54) is 5.56 Å². The molecule has 0 aromatic heterocycles. The molecule has 5 rings (SSSR count). The van der Waals surface area contributed by atoms with Gasteiger partial charge in [-0.05, 0) is 36.1 Å². The van der Waals surface area contributed by atoms with Gasteiger partial charge < -0.3 is 10.0 Å². The van der Waals surface area contributed by atoms with Gasteiger partial charge in [0.2, 0.25) is 5.91 Å². The maximum atomic E-state index is 12.9. The zero-order valence-corrected chi connectivity index (χ0v) is 15.8. The van der Waals surface area contributed by atoms with Crippen molar-refractivity contribution in [2.45, 2.75) is 37.4 Å². The Bertz CT molecular complexity index is 882. The van der Waals surface area contributed by atoms with E-state index >= 15 is 0 Å². The van der Waals surface area contributed by atoms with Gasteiger partial charge in [-0.3, -0.25) is 9.69 Å². The SMILES string of the molecule is O=C(C1CC1)N1C[C@H]2[C@@H](c3ccccc31)[C@@H](CO)N2Cc1ccccc1Cl. The van der Waals surface area contributed by atoms with Crippen LogP contribution in [0.15, 0.2) is 48.5 Å². The Morgan fingerprint density at radius 2 is 1.85 bits per heavy atom. The third-order valence-corrected chi connectivity index (χ3v) is 6.70. The summed E-state index contributed by atoms with van der Waals surface area (Å²) in [7, 11) is 0. The van der Waals surface area contributed by atoms with Crippen molar-refractivity contribution >= 4 is 23.2 Å². The molecule has 0 bridgehead atoms. The number of hydrogen-bond donors (Lipinski definition) is 1. The molecule has 2 aliphatic heterocycles. The van der Waals surface area contributed by atoms with E-state index in [-0.39, 0.29) is 36.4 Å². The highest BCUT2D eigenvalue weighted by atomic mass is 35.5. The lowest BCUT2D eigenvalue weighted by Crippen LogP contribution is -2.68. The molecule has 2 heterocycles. The lowest BCUT2D eigenvalue weighted by atomic mass is 9.71. The van der Waals surface area contributed by atoms with E-state index < -0.39 is 0 Å². The largest absolute Gasteiger partial charge is 0.395 e. The Labute approximate surface area is 164 Å². The van der Waals surface area contributed by atoms with Gasteiger partial charge >= 0.3 is 0 Å². The summed E-state index contributed by atoms with van der Waals surface area (Å²) in [6.45, 7) is 1.49. The number of anilines is 1. The summed E-state index contributed by atoms with van der Waals surface area (Å²) in [6.07, 6.45) is 2.02. The Hall–Kier alpha value is -1.88. The molecule has 2 aromatic carbocycles. The molecule has 0 spiro atoms. The van der Waals surface area contributed by atoms with E-state index in [4.69, 9.17) is 11.6 Å². The van der Waals surface area contributed by atoms with Gasteiger partial charge in [-0.1, -0.05) is 48.0 Å². The highest BCUT2D eigenvalue weighted by Crippen LogP contribution is 2.49. The molecule has 5 heteroatoms. The van der Waals surface area contributed by atoms with Crippen molar-refractivity contribution in [3.63, 3.8) is 0 Å². The van der Waals surface area contributed by atoms with Crippen LogP contribution >= 0.6 is 11.6 Å². The van der Waals surface area contributed by atoms with Crippen molar-refractivity contribution in [3.05, 3.63) is 64.7 Å². The molecule has 3 aliphatic rings. The highest BCUT2D eigenvalue weighted by Gasteiger charge is 2.53. The fraction of sp³-hybridized carbons (Fsp3) is 0.409. The molecule has 3 atom stereocenters. The number of aliphatic hydroxyl groups is 1. The lowest BCUT2D eigenvalue weighted by molar-refractivity contribution is -0.121. The molecule has 1 saturated heterocycles. The van der Waals surface area contributed by atoms with Crippen LogP contribution in [-0.4, -0.2) is 41.1 Å². The summed E-state index contributed by atoms with van der Waals surface area (Å²) in [5.41, 5.74) is 3.29. The normalized spacial score (nSPS) is 26.9. The van der Waals surface area contributed by atoms with Crippen molar-refractivity contribution in [1.29, 1.82) is 0 Å². The first kappa shape index (κ1) is 17.2. The minimum atomic E-state index is 0.0607. The minimum absolute atomic E-state index is 0.0607. The number of nitrogens with zero attached hydrogens (tertiary/aromatic N) is 2. The Balaban J connectivity index is 1.48. The van der Waals surface area contributed by atoms with E-state index in [1.807, 2.05) is 41.3 Å². The third kappa shape index (κ3) is 2.78. The number of para-hydroxylation sites is 1. The van der Waals surface area contributed by atoms with Crippen molar-refractivity contribution in [1.82, 2.24) is 4.90 Å². The number of likely N-dealkylation sites (tertiary alicyclic amines) is 1. The van der Waals surface area contributed by atoms with Crippen LogP contribution in [0.3, 0.4) is 0 Å². The van der Waals surface area contributed by atoms with Crippen molar-refractivity contribution in [2.75, 3.05) is 18.1 Å². The lowest BCUT2D eigenvalue weighted by Gasteiger charge is -2.59. The predicted molar refractivity (Wildman–Crippen MR) is 106 cm³/mol. The second-order valence-corrected chi connectivity index (χ2v) is 8.30. The van der Waals surface area contributed by atoms with Crippen LogP contribution in [0, 0.1) is 5.92 Å². The summed E-state index contributed by atoms with van der Waals surface area (Å²) in [6, 6.07) is 16.3. The van der Waals surface area contributed by atoms with Gasteiger partial charge in [0, 0.05) is 47.7 Å². The number of fused-ring (bicyclic) bond motifs is 3. The van der Waals surface area contributed by atoms with Crippen molar-refractivity contribution in [2.24, 2.45) is 5.92 Å². The molecule has 0 radical (unpaired) electrons. The van der Waals surface area contributed by atoms with Gasteiger partial charge in [-0.25, -0.2) is 0 Å². The average molecular weight is 383 g/mol. The van der Waals surface area contributed by atoms with Gasteiger partial charge in [-0.2, -0.15) is 0 Å². The van der Waals surface area contributed by atoms with Crippen LogP contribution in [0.2, 0.25) is 5.02 Å². The molecule has 140 valence electrons. The van der Waals surface area contributed by atoms with E-state index in [9.17, 15) is 9.90 Å².